The molecule has 2 aromatic heterocycles. The monoisotopic (exact) mass is 300 g/mol. The van der Waals surface area contributed by atoms with Crippen molar-refractivity contribution in [2.24, 2.45) is 7.05 Å². The molecule has 3 rings (SSSR count). The molecule has 22 heavy (non-hydrogen) atoms. The number of anilines is 1. The molecule has 0 spiro atoms. The van der Waals surface area contributed by atoms with Crippen LogP contribution in [0.1, 0.15) is 6.92 Å². The number of hydrogen-bond donors (Lipinski definition) is 1. The van der Waals surface area contributed by atoms with Crippen LogP contribution in [0.5, 0.6) is 11.6 Å². The number of aryl methyl sites for hydroxylation is 1. The number of halogens is 1. The summed E-state index contributed by atoms with van der Waals surface area (Å²) in [6.07, 6.45) is 3.23. The molecule has 0 saturated carbocycles. The molecule has 6 nitrogen and oxygen atoms in total. The number of rotatable bonds is 3. The van der Waals surface area contributed by atoms with Gasteiger partial charge in [0.25, 0.3) is 0 Å². The Morgan fingerprint density at radius 3 is 2.86 bits per heavy atom. The minimum Gasteiger partial charge on any atom is -0.437 e. The fourth-order valence-corrected chi connectivity index (χ4v) is 2.12. The molecule has 2 heterocycles. The third kappa shape index (κ3) is 2.60. The summed E-state index contributed by atoms with van der Waals surface area (Å²) >= 11 is 0. The van der Waals surface area contributed by atoms with Gasteiger partial charge in [0.05, 0.1) is 11.2 Å². The van der Waals surface area contributed by atoms with E-state index in [0.29, 0.717) is 11.4 Å². The molecule has 112 valence electrons. The number of amides is 1. The second kappa shape index (κ2) is 5.44. The van der Waals surface area contributed by atoms with Gasteiger partial charge in [-0.1, -0.05) is 0 Å². The maximum atomic E-state index is 13.9. The lowest BCUT2D eigenvalue weighted by atomic mass is 10.3. The Morgan fingerprint density at radius 2 is 2.14 bits per heavy atom. The molecule has 0 aliphatic rings. The fraction of sp³-hybridized carbons (Fsp3) is 0.133. The molecule has 7 heteroatoms. The molecule has 0 atom stereocenters. The first-order valence-corrected chi connectivity index (χ1v) is 6.55. The highest BCUT2D eigenvalue weighted by atomic mass is 19.1. The first-order chi connectivity index (χ1) is 10.5. The minimum absolute atomic E-state index is 0.103. The lowest BCUT2D eigenvalue weighted by Crippen LogP contribution is -2.07. The van der Waals surface area contributed by atoms with Crippen LogP contribution >= 0.6 is 0 Å². The zero-order chi connectivity index (χ0) is 15.7. The number of carbonyl (C=O) groups excluding carboxylic acids is 1. The zero-order valence-electron chi connectivity index (χ0n) is 12.0. The van der Waals surface area contributed by atoms with E-state index in [1.807, 2.05) is 23.9 Å². The van der Waals surface area contributed by atoms with Crippen LogP contribution < -0.4 is 10.1 Å². The predicted molar refractivity (Wildman–Crippen MR) is 79.3 cm³/mol. The van der Waals surface area contributed by atoms with E-state index in [1.54, 1.807) is 6.07 Å². The summed E-state index contributed by atoms with van der Waals surface area (Å²) in [6.45, 7) is 1.32. The van der Waals surface area contributed by atoms with Gasteiger partial charge in [-0.15, -0.1) is 0 Å². The van der Waals surface area contributed by atoms with E-state index in [2.05, 4.69) is 15.3 Å². The Kier molecular flexibility index (Phi) is 3.46. The van der Waals surface area contributed by atoms with Crippen molar-refractivity contribution in [1.29, 1.82) is 0 Å². The molecule has 1 amide bonds. The van der Waals surface area contributed by atoms with E-state index >= 15 is 0 Å². The molecule has 3 aromatic rings. The zero-order valence-corrected chi connectivity index (χ0v) is 12.0. The number of fused-ring (bicyclic) bond motifs is 1. The second-order valence-corrected chi connectivity index (χ2v) is 4.76. The summed E-state index contributed by atoms with van der Waals surface area (Å²) in [5.74, 6) is -0.296. The molecule has 1 aromatic carbocycles. The van der Waals surface area contributed by atoms with Crippen LogP contribution in [0, 0.1) is 5.82 Å². The molecule has 1 N–H and O–H groups in total. The van der Waals surface area contributed by atoms with Crippen LogP contribution in [-0.4, -0.2) is 20.4 Å². The highest BCUT2D eigenvalue weighted by Gasteiger charge is 2.11. The van der Waals surface area contributed by atoms with Gasteiger partial charge in [0.1, 0.15) is 23.4 Å². The Morgan fingerprint density at radius 1 is 1.32 bits per heavy atom. The van der Waals surface area contributed by atoms with Crippen molar-refractivity contribution in [2.45, 2.75) is 6.92 Å². The Balaban J connectivity index is 1.94. The van der Waals surface area contributed by atoms with E-state index in [1.165, 1.54) is 25.4 Å². The third-order valence-corrected chi connectivity index (χ3v) is 3.09. The SMILES string of the molecule is CC(=O)Nc1ccc(Oc2ncnc3ccn(C)c23)cc1F. The average Bonchev–Trinajstić information content (AvgIpc) is 2.84. The number of hydrogen-bond acceptors (Lipinski definition) is 4. The van der Waals surface area contributed by atoms with E-state index in [9.17, 15) is 9.18 Å². The molecule has 0 bridgehead atoms. The lowest BCUT2D eigenvalue weighted by molar-refractivity contribution is -0.114. The summed E-state index contributed by atoms with van der Waals surface area (Å²) in [5.41, 5.74) is 1.56. The van der Waals surface area contributed by atoms with Crippen LogP contribution in [0.15, 0.2) is 36.8 Å². The number of aromatic nitrogens is 3. The Hall–Kier alpha value is -2.96. The lowest BCUT2D eigenvalue weighted by Gasteiger charge is -2.09. The summed E-state index contributed by atoms with van der Waals surface area (Å²) in [7, 11) is 1.85. The molecule has 0 aliphatic heterocycles. The average molecular weight is 300 g/mol. The first kappa shape index (κ1) is 14.0. The van der Waals surface area contributed by atoms with E-state index in [4.69, 9.17) is 4.74 Å². The van der Waals surface area contributed by atoms with E-state index < -0.39 is 5.82 Å². The number of nitrogens with one attached hydrogen (secondary N) is 1. The second-order valence-electron chi connectivity index (χ2n) is 4.76. The highest BCUT2D eigenvalue weighted by Crippen LogP contribution is 2.28. The van der Waals surface area contributed by atoms with Crippen molar-refractivity contribution in [1.82, 2.24) is 14.5 Å². The number of carbonyl (C=O) groups is 1. The Labute approximate surface area is 125 Å². The molecule has 0 radical (unpaired) electrons. The fourth-order valence-electron chi connectivity index (χ4n) is 2.12. The van der Waals surface area contributed by atoms with Gasteiger partial charge in [-0.3, -0.25) is 4.79 Å². The van der Waals surface area contributed by atoms with Crippen LogP contribution in [0.25, 0.3) is 11.0 Å². The normalized spacial score (nSPS) is 10.7. The number of ether oxygens (including phenoxy) is 1. The topological polar surface area (TPSA) is 69.0 Å². The Bertz CT molecular complexity index is 860. The number of nitrogens with zero attached hydrogens (tertiary/aromatic N) is 3. The van der Waals surface area contributed by atoms with Crippen molar-refractivity contribution in [3.63, 3.8) is 0 Å². The van der Waals surface area contributed by atoms with E-state index in [-0.39, 0.29) is 17.3 Å². The maximum Gasteiger partial charge on any atom is 0.247 e. The molecule has 0 unspecified atom stereocenters. The van der Waals surface area contributed by atoms with Gasteiger partial charge in [0, 0.05) is 26.2 Å². The maximum absolute atomic E-state index is 13.9. The third-order valence-electron chi connectivity index (χ3n) is 3.09. The molecule has 0 fully saturated rings. The van der Waals surface area contributed by atoms with Crippen LogP contribution in [0.2, 0.25) is 0 Å². The van der Waals surface area contributed by atoms with Gasteiger partial charge in [-0.2, -0.15) is 4.98 Å². The molecule has 0 saturated heterocycles. The van der Waals surface area contributed by atoms with Crippen LogP contribution in [0.3, 0.4) is 0 Å². The summed E-state index contributed by atoms with van der Waals surface area (Å²) in [4.78, 5) is 19.2. The van der Waals surface area contributed by atoms with Crippen molar-refractivity contribution in [3.05, 3.63) is 42.6 Å². The number of benzene rings is 1. The summed E-state index contributed by atoms with van der Waals surface area (Å²) < 4.78 is 21.4. The van der Waals surface area contributed by atoms with E-state index in [0.717, 1.165) is 5.52 Å². The molecular weight excluding hydrogens is 287 g/mol. The predicted octanol–water partition coefficient (Wildman–Crippen LogP) is 2.86. The van der Waals surface area contributed by atoms with Crippen molar-refractivity contribution in [3.8, 4) is 11.6 Å². The van der Waals surface area contributed by atoms with Crippen molar-refractivity contribution >= 4 is 22.6 Å². The summed E-state index contributed by atoms with van der Waals surface area (Å²) in [6, 6.07) is 6.03. The van der Waals surface area contributed by atoms with Gasteiger partial charge < -0.3 is 14.6 Å². The first-order valence-electron chi connectivity index (χ1n) is 6.55. The van der Waals surface area contributed by atoms with Gasteiger partial charge in [-0.05, 0) is 18.2 Å². The minimum atomic E-state index is -0.579. The molecule has 0 aliphatic carbocycles. The van der Waals surface area contributed by atoms with Gasteiger partial charge in [0.2, 0.25) is 11.8 Å². The highest BCUT2D eigenvalue weighted by molar-refractivity contribution is 5.88. The smallest absolute Gasteiger partial charge is 0.247 e. The van der Waals surface area contributed by atoms with Gasteiger partial charge in [-0.25, -0.2) is 9.37 Å². The van der Waals surface area contributed by atoms with Gasteiger partial charge >= 0.3 is 0 Å². The largest absolute Gasteiger partial charge is 0.437 e. The van der Waals surface area contributed by atoms with Crippen molar-refractivity contribution < 1.29 is 13.9 Å². The molecular formula is C15H13FN4O2. The van der Waals surface area contributed by atoms with Crippen molar-refractivity contribution in [2.75, 3.05) is 5.32 Å². The summed E-state index contributed by atoms with van der Waals surface area (Å²) in [5, 5.41) is 2.40. The van der Waals surface area contributed by atoms with Crippen LogP contribution in [0.4, 0.5) is 10.1 Å². The van der Waals surface area contributed by atoms with Gasteiger partial charge in [0.15, 0.2) is 0 Å². The quantitative estimate of drug-likeness (QED) is 0.807. The van der Waals surface area contributed by atoms with Crippen LogP contribution in [-0.2, 0) is 11.8 Å². The standard InChI is InChI=1S/C15H13FN4O2/c1-9(21)19-12-4-3-10(7-11(12)16)22-15-14-13(17-8-18-15)5-6-20(14)2/h3-8H,1-2H3,(H,19,21).